The largest absolute Gasteiger partial charge is 0.314 e. The summed E-state index contributed by atoms with van der Waals surface area (Å²) < 4.78 is 0. The first kappa shape index (κ1) is 12.6. The molecule has 1 amide bonds. The summed E-state index contributed by atoms with van der Waals surface area (Å²) >= 11 is 0. The molecule has 0 unspecified atom stereocenters. The second-order valence-corrected chi connectivity index (χ2v) is 6.52. The Kier molecular flexibility index (Phi) is 3.28. The van der Waals surface area contributed by atoms with Gasteiger partial charge in [-0.15, -0.1) is 0 Å². The van der Waals surface area contributed by atoms with Gasteiger partial charge in [-0.05, 0) is 40.0 Å². The highest BCUT2D eigenvalue weighted by atomic mass is 16.1. The number of hydrogen-bond donors (Lipinski definition) is 1. The zero-order chi connectivity index (χ0) is 12.5. The number of aliphatic imine (C=N–C) groups is 1. The van der Waals surface area contributed by atoms with Gasteiger partial charge in [0.25, 0.3) is 0 Å². The third-order valence-electron chi connectivity index (χ3n) is 3.85. The van der Waals surface area contributed by atoms with E-state index in [2.05, 4.69) is 26.1 Å². The Hall–Kier alpha value is -0.860. The molecule has 0 aromatic rings. The van der Waals surface area contributed by atoms with Crippen LogP contribution in [-0.2, 0) is 4.79 Å². The van der Waals surface area contributed by atoms with E-state index in [-0.39, 0.29) is 16.9 Å². The molecule has 1 heterocycles. The standard InChI is InChI=1S/C14H24N2O/c1-13(2,3)16-12-14(8-5-4-6-9-14)10-7-11(17)15-12/h4-10H2,1-3H3,(H,15,16,17). The molecule has 0 radical (unpaired) electrons. The van der Waals surface area contributed by atoms with Gasteiger partial charge in [-0.25, -0.2) is 0 Å². The van der Waals surface area contributed by atoms with Crippen molar-refractivity contribution in [1.82, 2.24) is 5.32 Å². The SMILES string of the molecule is CC(C)(C)N=C1NC(=O)CCC12CCCCC2. The number of hydrogen-bond acceptors (Lipinski definition) is 2. The van der Waals surface area contributed by atoms with Gasteiger partial charge in [0.1, 0.15) is 5.84 Å². The Morgan fingerprint density at radius 3 is 2.35 bits per heavy atom. The summed E-state index contributed by atoms with van der Waals surface area (Å²) in [4.78, 5) is 16.4. The number of carbonyl (C=O) groups is 1. The molecule has 1 aliphatic carbocycles. The first-order chi connectivity index (χ1) is 7.91. The van der Waals surface area contributed by atoms with Crippen molar-refractivity contribution in [3.05, 3.63) is 0 Å². The van der Waals surface area contributed by atoms with Crippen molar-refractivity contribution in [2.45, 2.75) is 71.3 Å². The number of carbonyl (C=O) groups excluding carboxylic acids is 1. The summed E-state index contributed by atoms with van der Waals surface area (Å²) in [5.41, 5.74) is 0.0733. The Balaban J connectivity index is 2.28. The second kappa shape index (κ2) is 4.43. The van der Waals surface area contributed by atoms with Crippen molar-refractivity contribution >= 4 is 11.7 Å². The Bertz CT molecular complexity index is 333. The number of piperidine rings is 1. The van der Waals surface area contributed by atoms with Crippen molar-refractivity contribution in [3.8, 4) is 0 Å². The van der Waals surface area contributed by atoms with Crippen molar-refractivity contribution in [3.63, 3.8) is 0 Å². The lowest BCUT2D eigenvalue weighted by Gasteiger charge is -2.42. The minimum Gasteiger partial charge on any atom is -0.314 e. The van der Waals surface area contributed by atoms with Crippen LogP contribution < -0.4 is 5.32 Å². The predicted octanol–water partition coefficient (Wildman–Crippen LogP) is 3.04. The van der Waals surface area contributed by atoms with Crippen molar-refractivity contribution in [2.24, 2.45) is 10.4 Å². The van der Waals surface area contributed by atoms with Gasteiger partial charge in [0.05, 0.1) is 5.54 Å². The molecule has 0 atom stereocenters. The summed E-state index contributed by atoms with van der Waals surface area (Å²) in [7, 11) is 0. The molecule has 2 rings (SSSR count). The van der Waals surface area contributed by atoms with E-state index in [4.69, 9.17) is 4.99 Å². The molecule has 1 aliphatic heterocycles. The van der Waals surface area contributed by atoms with Gasteiger partial charge in [0.2, 0.25) is 5.91 Å². The zero-order valence-electron chi connectivity index (χ0n) is 11.3. The van der Waals surface area contributed by atoms with E-state index in [9.17, 15) is 4.79 Å². The summed E-state index contributed by atoms with van der Waals surface area (Å²) in [6.07, 6.45) is 7.94. The highest BCUT2D eigenvalue weighted by molar-refractivity contribution is 6.03. The number of rotatable bonds is 0. The lowest BCUT2D eigenvalue weighted by Crippen LogP contribution is -2.50. The second-order valence-electron chi connectivity index (χ2n) is 6.52. The van der Waals surface area contributed by atoms with Crippen LogP contribution in [0.1, 0.15) is 65.7 Å². The van der Waals surface area contributed by atoms with Crippen LogP contribution in [0.3, 0.4) is 0 Å². The van der Waals surface area contributed by atoms with E-state index < -0.39 is 0 Å². The van der Waals surface area contributed by atoms with Crippen LogP contribution >= 0.6 is 0 Å². The number of amides is 1. The smallest absolute Gasteiger partial charge is 0.225 e. The van der Waals surface area contributed by atoms with Crippen molar-refractivity contribution in [1.29, 1.82) is 0 Å². The van der Waals surface area contributed by atoms with Gasteiger partial charge in [0, 0.05) is 11.8 Å². The maximum atomic E-state index is 11.6. The molecule has 0 aromatic heterocycles. The molecule has 1 spiro atoms. The summed E-state index contributed by atoms with van der Waals surface area (Å²) in [6, 6.07) is 0. The van der Waals surface area contributed by atoms with Gasteiger partial charge in [0.15, 0.2) is 0 Å². The molecule has 1 saturated carbocycles. The highest BCUT2D eigenvalue weighted by Crippen LogP contribution is 2.43. The molecule has 3 heteroatoms. The Morgan fingerprint density at radius 2 is 1.76 bits per heavy atom. The van der Waals surface area contributed by atoms with E-state index in [0.29, 0.717) is 6.42 Å². The van der Waals surface area contributed by atoms with Crippen LogP contribution in [0.2, 0.25) is 0 Å². The zero-order valence-corrected chi connectivity index (χ0v) is 11.3. The minimum absolute atomic E-state index is 0.107. The molecule has 17 heavy (non-hydrogen) atoms. The molecular formula is C14H24N2O. The van der Waals surface area contributed by atoms with Gasteiger partial charge in [-0.1, -0.05) is 19.3 Å². The van der Waals surface area contributed by atoms with Gasteiger partial charge < -0.3 is 5.32 Å². The van der Waals surface area contributed by atoms with Crippen LogP contribution in [0.5, 0.6) is 0 Å². The van der Waals surface area contributed by atoms with E-state index in [1.54, 1.807) is 0 Å². The average Bonchev–Trinajstić information content (AvgIpc) is 2.24. The number of nitrogens with one attached hydrogen (secondary N) is 1. The van der Waals surface area contributed by atoms with Crippen LogP contribution in [-0.4, -0.2) is 17.3 Å². The summed E-state index contributed by atoms with van der Waals surface area (Å²) in [5.74, 6) is 1.12. The van der Waals surface area contributed by atoms with Gasteiger partial charge >= 0.3 is 0 Å². The van der Waals surface area contributed by atoms with Gasteiger partial charge in [-0.2, -0.15) is 0 Å². The first-order valence-corrected chi connectivity index (χ1v) is 6.82. The van der Waals surface area contributed by atoms with Crippen LogP contribution in [0.15, 0.2) is 4.99 Å². The number of amidine groups is 1. The molecule has 1 saturated heterocycles. The van der Waals surface area contributed by atoms with E-state index in [0.717, 1.165) is 12.3 Å². The molecular weight excluding hydrogens is 212 g/mol. The summed E-state index contributed by atoms with van der Waals surface area (Å²) in [6.45, 7) is 6.28. The van der Waals surface area contributed by atoms with Crippen molar-refractivity contribution < 1.29 is 4.79 Å². The van der Waals surface area contributed by atoms with Crippen LogP contribution in [0.25, 0.3) is 0 Å². The summed E-state index contributed by atoms with van der Waals surface area (Å²) in [5, 5.41) is 3.04. The topological polar surface area (TPSA) is 41.5 Å². The van der Waals surface area contributed by atoms with Crippen LogP contribution in [0.4, 0.5) is 0 Å². The minimum atomic E-state index is -0.107. The fraction of sp³-hybridized carbons (Fsp3) is 0.857. The number of nitrogens with zero attached hydrogens (tertiary/aromatic N) is 1. The maximum absolute atomic E-state index is 11.6. The molecule has 0 bridgehead atoms. The maximum Gasteiger partial charge on any atom is 0.225 e. The van der Waals surface area contributed by atoms with Crippen LogP contribution in [0, 0.1) is 5.41 Å². The first-order valence-electron chi connectivity index (χ1n) is 6.82. The highest BCUT2D eigenvalue weighted by Gasteiger charge is 2.41. The molecule has 0 aromatic carbocycles. The quantitative estimate of drug-likeness (QED) is 0.690. The molecule has 1 N–H and O–H groups in total. The molecule has 3 nitrogen and oxygen atoms in total. The third kappa shape index (κ3) is 2.88. The lowest BCUT2D eigenvalue weighted by molar-refractivity contribution is -0.121. The predicted molar refractivity (Wildman–Crippen MR) is 70.1 cm³/mol. The Labute approximate surface area is 104 Å². The Morgan fingerprint density at radius 1 is 1.12 bits per heavy atom. The van der Waals surface area contributed by atoms with E-state index in [1.165, 1.54) is 32.1 Å². The molecule has 2 fully saturated rings. The molecule has 96 valence electrons. The monoisotopic (exact) mass is 236 g/mol. The van der Waals surface area contributed by atoms with E-state index in [1.807, 2.05) is 0 Å². The normalized spacial score (nSPS) is 27.2. The van der Waals surface area contributed by atoms with Crippen molar-refractivity contribution in [2.75, 3.05) is 0 Å². The fourth-order valence-corrected chi connectivity index (χ4v) is 3.00. The lowest BCUT2D eigenvalue weighted by atomic mass is 9.68. The molecule has 2 aliphatic rings. The van der Waals surface area contributed by atoms with Gasteiger partial charge in [-0.3, -0.25) is 9.79 Å². The van der Waals surface area contributed by atoms with E-state index >= 15 is 0 Å². The third-order valence-corrected chi connectivity index (χ3v) is 3.85. The average molecular weight is 236 g/mol. The fourth-order valence-electron chi connectivity index (χ4n) is 3.00.